The third-order valence-corrected chi connectivity index (χ3v) is 2.09. The van der Waals surface area contributed by atoms with Gasteiger partial charge in [0.15, 0.2) is 5.76 Å². The van der Waals surface area contributed by atoms with Crippen molar-refractivity contribution in [1.29, 1.82) is 0 Å². The Hall–Kier alpha value is -2.05. The van der Waals surface area contributed by atoms with Crippen LogP contribution < -0.4 is 10.6 Å². The van der Waals surface area contributed by atoms with Crippen LogP contribution in [-0.2, 0) is 11.3 Å². The first-order chi connectivity index (χ1) is 7.99. The molecule has 1 unspecified atom stereocenters. The van der Waals surface area contributed by atoms with Gasteiger partial charge in [-0.15, -0.1) is 0 Å². The smallest absolute Gasteiger partial charge is 0.315 e. The number of carbonyl (C=O) groups is 2. The van der Waals surface area contributed by atoms with Gasteiger partial charge in [0.2, 0.25) is 0 Å². The molecule has 1 rings (SSSR count). The molecule has 0 aliphatic rings. The number of amides is 2. The molecular formula is C10H15N3O4. The van der Waals surface area contributed by atoms with Crippen LogP contribution in [0.15, 0.2) is 10.6 Å². The lowest BCUT2D eigenvalue weighted by atomic mass is 10.2. The minimum Gasteiger partial charge on any atom is -0.481 e. The van der Waals surface area contributed by atoms with E-state index >= 15 is 0 Å². The number of carboxylic acids is 1. The Morgan fingerprint density at radius 1 is 1.53 bits per heavy atom. The maximum Gasteiger partial charge on any atom is 0.315 e. The first-order valence-corrected chi connectivity index (χ1v) is 5.15. The third-order valence-electron chi connectivity index (χ3n) is 2.09. The fourth-order valence-electron chi connectivity index (χ4n) is 1.06. The molecule has 1 heterocycles. The summed E-state index contributed by atoms with van der Waals surface area (Å²) in [7, 11) is 0. The summed E-state index contributed by atoms with van der Waals surface area (Å²) in [4.78, 5) is 21.8. The van der Waals surface area contributed by atoms with Crippen molar-refractivity contribution < 1.29 is 19.2 Å². The van der Waals surface area contributed by atoms with Crippen molar-refractivity contribution in [2.24, 2.45) is 5.92 Å². The van der Waals surface area contributed by atoms with Crippen LogP contribution in [0.1, 0.15) is 18.4 Å². The summed E-state index contributed by atoms with van der Waals surface area (Å²) >= 11 is 0. The normalized spacial score (nSPS) is 11.9. The molecule has 0 spiro atoms. The predicted molar refractivity (Wildman–Crippen MR) is 58.3 cm³/mol. The molecule has 17 heavy (non-hydrogen) atoms. The first-order valence-electron chi connectivity index (χ1n) is 5.15. The van der Waals surface area contributed by atoms with E-state index in [9.17, 15) is 9.59 Å². The molecule has 0 aliphatic heterocycles. The molecule has 1 aromatic rings. The summed E-state index contributed by atoms with van der Waals surface area (Å²) in [6.45, 7) is 3.59. The largest absolute Gasteiger partial charge is 0.481 e. The summed E-state index contributed by atoms with van der Waals surface area (Å²) in [5, 5.41) is 17.3. The monoisotopic (exact) mass is 241 g/mol. The Morgan fingerprint density at radius 2 is 2.24 bits per heavy atom. The van der Waals surface area contributed by atoms with E-state index in [0.29, 0.717) is 5.76 Å². The lowest BCUT2D eigenvalue weighted by Crippen LogP contribution is -2.38. The summed E-state index contributed by atoms with van der Waals surface area (Å²) in [5.41, 5.74) is 0.738. The van der Waals surface area contributed by atoms with Gasteiger partial charge in [0.05, 0.1) is 18.2 Å². The van der Waals surface area contributed by atoms with E-state index in [1.165, 1.54) is 6.92 Å². The number of nitrogens with zero attached hydrogens (tertiary/aromatic N) is 1. The topological polar surface area (TPSA) is 104 Å². The summed E-state index contributed by atoms with van der Waals surface area (Å²) < 4.78 is 4.89. The zero-order valence-electron chi connectivity index (χ0n) is 9.69. The van der Waals surface area contributed by atoms with Gasteiger partial charge in [0.1, 0.15) is 0 Å². The molecule has 7 heteroatoms. The first kappa shape index (κ1) is 13.0. The maximum atomic E-state index is 11.3. The Labute approximate surface area is 98.2 Å². The number of carbonyl (C=O) groups excluding carboxylic acids is 1. The van der Waals surface area contributed by atoms with Gasteiger partial charge >= 0.3 is 12.0 Å². The quantitative estimate of drug-likeness (QED) is 0.696. The summed E-state index contributed by atoms with van der Waals surface area (Å²) in [6.07, 6.45) is 0. The number of hydrogen-bond acceptors (Lipinski definition) is 4. The SMILES string of the molecule is Cc1cc(CNC(=O)NCC(C)C(=O)O)on1. The van der Waals surface area contributed by atoms with Crippen LogP contribution in [0.3, 0.4) is 0 Å². The second-order valence-corrected chi connectivity index (χ2v) is 3.74. The number of nitrogens with one attached hydrogen (secondary N) is 2. The molecular weight excluding hydrogens is 226 g/mol. The van der Waals surface area contributed by atoms with Crippen molar-refractivity contribution in [3.8, 4) is 0 Å². The van der Waals surface area contributed by atoms with Crippen LogP contribution in [0.4, 0.5) is 4.79 Å². The fraction of sp³-hybridized carbons (Fsp3) is 0.500. The molecule has 1 aromatic heterocycles. The molecule has 0 bridgehead atoms. The molecule has 1 atom stereocenters. The highest BCUT2D eigenvalue weighted by Crippen LogP contribution is 2.00. The zero-order valence-corrected chi connectivity index (χ0v) is 9.69. The molecule has 0 saturated carbocycles. The van der Waals surface area contributed by atoms with E-state index in [2.05, 4.69) is 15.8 Å². The molecule has 0 radical (unpaired) electrons. The van der Waals surface area contributed by atoms with Crippen LogP contribution >= 0.6 is 0 Å². The minimum absolute atomic E-state index is 0.0800. The summed E-state index contributed by atoms with van der Waals surface area (Å²) in [6, 6.07) is 1.27. The van der Waals surface area contributed by atoms with Crippen LogP contribution in [0.5, 0.6) is 0 Å². The average Bonchev–Trinajstić information content (AvgIpc) is 2.69. The number of hydrogen-bond donors (Lipinski definition) is 3. The van der Waals surface area contributed by atoms with Gasteiger partial charge in [-0.05, 0) is 6.92 Å². The number of rotatable bonds is 5. The van der Waals surface area contributed by atoms with Gasteiger partial charge in [-0.25, -0.2) is 4.79 Å². The number of aromatic nitrogens is 1. The van der Waals surface area contributed by atoms with Crippen LogP contribution in [-0.4, -0.2) is 28.8 Å². The Balaban J connectivity index is 2.24. The van der Waals surface area contributed by atoms with Crippen molar-refractivity contribution in [3.05, 3.63) is 17.5 Å². The highest BCUT2D eigenvalue weighted by atomic mass is 16.5. The van der Waals surface area contributed by atoms with Crippen molar-refractivity contribution in [1.82, 2.24) is 15.8 Å². The molecule has 3 N–H and O–H groups in total. The Bertz CT molecular complexity index is 402. The maximum absolute atomic E-state index is 11.3. The van der Waals surface area contributed by atoms with E-state index < -0.39 is 17.9 Å². The van der Waals surface area contributed by atoms with Crippen LogP contribution in [0.25, 0.3) is 0 Å². The lowest BCUT2D eigenvalue weighted by molar-refractivity contribution is -0.140. The molecule has 7 nitrogen and oxygen atoms in total. The number of aryl methyl sites for hydroxylation is 1. The van der Waals surface area contributed by atoms with Crippen molar-refractivity contribution in [2.45, 2.75) is 20.4 Å². The second-order valence-electron chi connectivity index (χ2n) is 3.74. The number of urea groups is 1. The van der Waals surface area contributed by atoms with Gasteiger partial charge in [-0.3, -0.25) is 4.79 Å². The van der Waals surface area contributed by atoms with Gasteiger partial charge in [0, 0.05) is 12.6 Å². The van der Waals surface area contributed by atoms with Crippen molar-refractivity contribution in [3.63, 3.8) is 0 Å². The van der Waals surface area contributed by atoms with E-state index in [-0.39, 0.29) is 13.1 Å². The van der Waals surface area contributed by atoms with E-state index in [1.54, 1.807) is 13.0 Å². The Kier molecular flexibility index (Phi) is 4.50. The Morgan fingerprint density at radius 3 is 2.76 bits per heavy atom. The summed E-state index contributed by atoms with van der Waals surface area (Å²) in [5.74, 6) is -1.02. The molecule has 2 amide bonds. The van der Waals surface area contributed by atoms with E-state index in [4.69, 9.17) is 9.63 Å². The molecule has 0 saturated heterocycles. The van der Waals surface area contributed by atoms with Gasteiger partial charge < -0.3 is 20.3 Å². The fourth-order valence-corrected chi connectivity index (χ4v) is 1.06. The zero-order chi connectivity index (χ0) is 12.8. The van der Waals surface area contributed by atoms with Gasteiger partial charge in [-0.2, -0.15) is 0 Å². The van der Waals surface area contributed by atoms with Crippen LogP contribution in [0.2, 0.25) is 0 Å². The van der Waals surface area contributed by atoms with Gasteiger partial charge in [0.25, 0.3) is 0 Å². The number of aliphatic carboxylic acids is 1. The van der Waals surface area contributed by atoms with Crippen LogP contribution in [0, 0.1) is 12.8 Å². The average molecular weight is 241 g/mol. The van der Waals surface area contributed by atoms with Crippen molar-refractivity contribution in [2.75, 3.05) is 6.54 Å². The number of carboxylic acid groups (broad SMARTS) is 1. The lowest BCUT2D eigenvalue weighted by Gasteiger charge is -2.08. The van der Waals surface area contributed by atoms with E-state index in [0.717, 1.165) is 5.69 Å². The molecule has 0 fully saturated rings. The predicted octanol–water partition coefficient (Wildman–Crippen LogP) is 0.503. The highest BCUT2D eigenvalue weighted by molar-refractivity contribution is 5.75. The molecule has 0 aromatic carbocycles. The standard InChI is InChI=1S/C10H15N3O4/c1-6(9(14)15)4-11-10(16)12-5-8-3-7(2)13-17-8/h3,6H,4-5H2,1-2H3,(H,14,15)(H2,11,12,16). The molecule has 94 valence electrons. The van der Waals surface area contributed by atoms with E-state index in [1.807, 2.05) is 0 Å². The van der Waals surface area contributed by atoms with Gasteiger partial charge in [-0.1, -0.05) is 12.1 Å². The minimum atomic E-state index is -0.948. The second kappa shape index (κ2) is 5.88. The van der Waals surface area contributed by atoms with Crippen molar-refractivity contribution >= 4 is 12.0 Å². The third kappa shape index (κ3) is 4.54. The highest BCUT2D eigenvalue weighted by Gasteiger charge is 2.12. The molecule has 0 aliphatic carbocycles.